The molecule has 0 amide bonds. The Kier molecular flexibility index (Phi) is 6.84. The van der Waals surface area contributed by atoms with Gasteiger partial charge in [0.25, 0.3) is 0 Å². The van der Waals surface area contributed by atoms with Crippen LogP contribution in [0, 0.1) is 12.8 Å². The van der Waals surface area contributed by atoms with Crippen LogP contribution in [-0.2, 0) is 0 Å². The Bertz CT molecular complexity index is 382. The van der Waals surface area contributed by atoms with Gasteiger partial charge in [-0.15, -0.1) is 0 Å². The van der Waals surface area contributed by atoms with Gasteiger partial charge in [0, 0.05) is 18.7 Å². The molecule has 0 aliphatic heterocycles. The van der Waals surface area contributed by atoms with E-state index < -0.39 is 6.10 Å². The number of methoxy groups -OCH3 is 1. The molecule has 0 bridgehead atoms. The van der Waals surface area contributed by atoms with E-state index in [1.54, 1.807) is 7.11 Å². The maximum Gasteiger partial charge on any atom is 0.124 e. The fourth-order valence-electron chi connectivity index (χ4n) is 2.01. The molecule has 0 aliphatic rings. The minimum Gasteiger partial charge on any atom is -0.496 e. The van der Waals surface area contributed by atoms with Crippen molar-refractivity contribution >= 4 is 0 Å². The predicted molar refractivity (Wildman–Crippen MR) is 76.4 cm³/mol. The second-order valence-electron chi connectivity index (χ2n) is 5.04. The monoisotopic (exact) mass is 267 g/mol. The molecular weight excluding hydrogens is 242 g/mol. The maximum atomic E-state index is 10.2. The average Bonchev–Trinajstić information content (AvgIpc) is 2.38. The van der Waals surface area contributed by atoms with Crippen LogP contribution in [-0.4, -0.2) is 37.0 Å². The molecule has 0 saturated carbocycles. The largest absolute Gasteiger partial charge is 0.496 e. The minimum absolute atomic E-state index is 0.205. The molecule has 1 aromatic rings. The number of benzene rings is 1. The first-order valence-electron chi connectivity index (χ1n) is 6.72. The lowest BCUT2D eigenvalue weighted by Gasteiger charge is -2.17. The van der Waals surface area contributed by atoms with Gasteiger partial charge in [-0.05, 0) is 37.9 Å². The van der Waals surface area contributed by atoms with Gasteiger partial charge < -0.3 is 20.3 Å². The lowest BCUT2D eigenvalue weighted by Crippen LogP contribution is -2.27. The normalized spacial score (nSPS) is 14.2. The molecule has 19 heavy (non-hydrogen) atoms. The number of rotatable bonds is 8. The van der Waals surface area contributed by atoms with Crippen molar-refractivity contribution in [3.05, 3.63) is 29.3 Å². The molecule has 0 aliphatic carbocycles. The third kappa shape index (κ3) is 5.19. The first kappa shape index (κ1) is 16.0. The highest BCUT2D eigenvalue weighted by atomic mass is 16.5. The Morgan fingerprint density at radius 2 is 2.05 bits per heavy atom. The number of hydrogen-bond acceptors (Lipinski definition) is 4. The first-order chi connectivity index (χ1) is 9.08. The van der Waals surface area contributed by atoms with Gasteiger partial charge >= 0.3 is 0 Å². The molecule has 3 N–H and O–H groups in total. The number of aliphatic hydroxyl groups excluding tert-OH is 2. The molecule has 4 nitrogen and oxygen atoms in total. The van der Waals surface area contributed by atoms with E-state index in [0.717, 1.165) is 24.1 Å². The highest BCUT2D eigenvalue weighted by molar-refractivity contribution is 5.38. The van der Waals surface area contributed by atoms with Crippen molar-refractivity contribution < 1.29 is 14.9 Å². The summed E-state index contributed by atoms with van der Waals surface area (Å²) < 4.78 is 5.27. The average molecular weight is 267 g/mol. The van der Waals surface area contributed by atoms with Crippen LogP contribution < -0.4 is 10.1 Å². The fourth-order valence-corrected chi connectivity index (χ4v) is 2.01. The van der Waals surface area contributed by atoms with Gasteiger partial charge in [0.2, 0.25) is 0 Å². The molecule has 1 rings (SSSR count). The molecule has 0 heterocycles. The van der Waals surface area contributed by atoms with Crippen LogP contribution in [0.2, 0.25) is 0 Å². The van der Waals surface area contributed by atoms with E-state index in [9.17, 15) is 5.11 Å². The second-order valence-corrected chi connectivity index (χ2v) is 5.04. The van der Waals surface area contributed by atoms with Crippen molar-refractivity contribution in [2.45, 2.75) is 26.4 Å². The zero-order chi connectivity index (χ0) is 14.3. The van der Waals surface area contributed by atoms with E-state index in [4.69, 9.17) is 9.84 Å². The molecule has 2 unspecified atom stereocenters. The lowest BCUT2D eigenvalue weighted by molar-refractivity contribution is 0.167. The van der Waals surface area contributed by atoms with E-state index in [1.165, 1.54) is 0 Å². The topological polar surface area (TPSA) is 61.7 Å². The van der Waals surface area contributed by atoms with Crippen molar-refractivity contribution in [2.75, 3.05) is 26.8 Å². The van der Waals surface area contributed by atoms with Crippen molar-refractivity contribution in [1.29, 1.82) is 0 Å². The van der Waals surface area contributed by atoms with Crippen LogP contribution in [0.15, 0.2) is 18.2 Å². The molecule has 0 fully saturated rings. The Hall–Kier alpha value is -1.10. The van der Waals surface area contributed by atoms with Crippen LogP contribution in [0.1, 0.15) is 30.6 Å². The molecule has 0 spiro atoms. The highest BCUT2D eigenvalue weighted by Gasteiger charge is 2.13. The van der Waals surface area contributed by atoms with Crippen LogP contribution in [0.4, 0.5) is 0 Å². The van der Waals surface area contributed by atoms with Gasteiger partial charge in [-0.25, -0.2) is 0 Å². The quantitative estimate of drug-likeness (QED) is 0.670. The summed E-state index contributed by atoms with van der Waals surface area (Å²) in [5.74, 6) is 1.11. The summed E-state index contributed by atoms with van der Waals surface area (Å²) in [5.41, 5.74) is 1.91. The molecule has 0 aromatic heterocycles. The number of aryl methyl sites for hydroxylation is 1. The predicted octanol–water partition coefficient (Wildman–Crippen LogP) is 1.65. The van der Waals surface area contributed by atoms with Gasteiger partial charge in [-0.1, -0.05) is 18.6 Å². The van der Waals surface area contributed by atoms with Crippen LogP contribution in [0.3, 0.4) is 0 Å². The minimum atomic E-state index is -0.587. The summed E-state index contributed by atoms with van der Waals surface area (Å²) in [6.07, 6.45) is 0.188. The Labute approximate surface area is 115 Å². The van der Waals surface area contributed by atoms with E-state index in [0.29, 0.717) is 18.2 Å². The molecule has 4 heteroatoms. The summed E-state index contributed by atoms with van der Waals surface area (Å²) in [6.45, 7) is 5.54. The summed E-state index contributed by atoms with van der Waals surface area (Å²) in [4.78, 5) is 0. The van der Waals surface area contributed by atoms with Gasteiger partial charge in [0.1, 0.15) is 5.75 Å². The van der Waals surface area contributed by atoms with Gasteiger partial charge in [-0.2, -0.15) is 0 Å². The first-order valence-corrected chi connectivity index (χ1v) is 6.72. The summed E-state index contributed by atoms with van der Waals surface area (Å²) in [6, 6.07) is 5.79. The van der Waals surface area contributed by atoms with Gasteiger partial charge in [0.05, 0.1) is 13.2 Å². The summed E-state index contributed by atoms with van der Waals surface area (Å²) in [7, 11) is 1.61. The highest BCUT2D eigenvalue weighted by Crippen LogP contribution is 2.25. The molecule has 2 atom stereocenters. The molecule has 0 radical (unpaired) electrons. The summed E-state index contributed by atoms with van der Waals surface area (Å²) >= 11 is 0. The third-order valence-electron chi connectivity index (χ3n) is 3.20. The Morgan fingerprint density at radius 1 is 1.32 bits per heavy atom. The van der Waals surface area contributed by atoms with Crippen LogP contribution in [0.5, 0.6) is 5.75 Å². The zero-order valence-corrected chi connectivity index (χ0v) is 12.0. The lowest BCUT2D eigenvalue weighted by atomic mass is 10.0. The molecule has 108 valence electrons. The van der Waals surface area contributed by atoms with Crippen molar-refractivity contribution in [3.63, 3.8) is 0 Å². The second kappa shape index (κ2) is 8.15. The van der Waals surface area contributed by atoms with Crippen molar-refractivity contribution in [3.8, 4) is 5.75 Å². The number of ether oxygens (including phenoxy) is 1. The smallest absolute Gasteiger partial charge is 0.124 e. The van der Waals surface area contributed by atoms with Crippen molar-refractivity contribution in [1.82, 2.24) is 5.32 Å². The number of nitrogens with one attached hydrogen (secondary N) is 1. The van der Waals surface area contributed by atoms with Crippen LogP contribution in [0.25, 0.3) is 0 Å². The number of hydrogen-bond donors (Lipinski definition) is 3. The standard InChI is InChI=1S/C15H25NO3/c1-11-4-5-15(19-3)13(8-11)14(18)10-16-9-12(2)6-7-17/h4-5,8,12,14,16-18H,6-7,9-10H2,1-3H3. The molecule has 0 saturated heterocycles. The Morgan fingerprint density at radius 3 is 2.68 bits per heavy atom. The SMILES string of the molecule is COc1ccc(C)cc1C(O)CNCC(C)CCO. The fraction of sp³-hybridized carbons (Fsp3) is 0.600. The molecule has 1 aromatic carbocycles. The third-order valence-corrected chi connectivity index (χ3v) is 3.20. The summed E-state index contributed by atoms with van der Waals surface area (Å²) in [5, 5.41) is 22.3. The Balaban J connectivity index is 2.53. The zero-order valence-electron chi connectivity index (χ0n) is 12.0. The van der Waals surface area contributed by atoms with Gasteiger partial charge in [-0.3, -0.25) is 0 Å². The number of aliphatic hydroxyl groups is 2. The molecular formula is C15H25NO3. The van der Waals surface area contributed by atoms with Gasteiger partial charge in [0.15, 0.2) is 0 Å². The van der Waals surface area contributed by atoms with E-state index in [2.05, 4.69) is 12.2 Å². The van der Waals surface area contributed by atoms with Crippen LogP contribution >= 0.6 is 0 Å². The maximum absolute atomic E-state index is 10.2. The van der Waals surface area contributed by atoms with E-state index >= 15 is 0 Å². The van der Waals surface area contributed by atoms with E-state index in [1.807, 2.05) is 25.1 Å². The van der Waals surface area contributed by atoms with E-state index in [-0.39, 0.29) is 6.61 Å². The van der Waals surface area contributed by atoms with Crippen molar-refractivity contribution in [2.24, 2.45) is 5.92 Å².